The van der Waals surface area contributed by atoms with Gasteiger partial charge >= 0.3 is 0 Å². The van der Waals surface area contributed by atoms with Gasteiger partial charge in [0.25, 0.3) is 15.9 Å². The molecule has 0 aliphatic heterocycles. The number of rotatable bonds is 4. The van der Waals surface area contributed by atoms with Crippen LogP contribution < -0.4 is 10.3 Å². The third-order valence-corrected chi connectivity index (χ3v) is 4.72. The predicted octanol–water partition coefficient (Wildman–Crippen LogP) is 2.22. The average molecular weight is 416 g/mol. The summed E-state index contributed by atoms with van der Waals surface area (Å²) in [6, 6.07) is 13.1. The Morgan fingerprint density at radius 3 is 2.14 bits per heavy atom. The molecule has 2 N–H and O–H groups in total. The number of halogens is 1. The summed E-state index contributed by atoms with van der Waals surface area (Å²) in [5.74, 6) is -0.510. The maximum Gasteiger partial charge on any atom is 0.266 e. The van der Waals surface area contributed by atoms with Crippen LogP contribution in [0.1, 0.15) is 15.9 Å². The van der Waals surface area contributed by atoms with Gasteiger partial charge in [0.05, 0.1) is 4.90 Å². The number of hydrogen-bond acceptors (Lipinski definition) is 3. The SMILES string of the molecule is Cc1ccc(C(=O)NNS(=O)(=O)c2ccc(I)cc2)cc1. The molecule has 0 aliphatic rings. The van der Waals surface area contributed by atoms with Crippen LogP contribution in [-0.4, -0.2) is 14.3 Å². The minimum Gasteiger partial charge on any atom is -0.273 e. The molecule has 0 bridgehead atoms. The molecule has 0 spiro atoms. The molecule has 0 fully saturated rings. The molecule has 1 amide bonds. The molecule has 0 saturated carbocycles. The van der Waals surface area contributed by atoms with E-state index < -0.39 is 15.9 Å². The molecular formula is C14H13IN2O3S. The van der Waals surface area contributed by atoms with Crippen molar-refractivity contribution in [3.63, 3.8) is 0 Å². The first-order valence-corrected chi connectivity index (χ1v) is 8.59. The first-order chi connectivity index (χ1) is 9.88. The van der Waals surface area contributed by atoms with Crippen LogP contribution in [0.3, 0.4) is 0 Å². The monoisotopic (exact) mass is 416 g/mol. The second-order valence-corrected chi connectivity index (χ2v) is 7.31. The number of sulfonamides is 1. The lowest BCUT2D eigenvalue weighted by molar-refractivity contribution is 0.0945. The molecule has 0 heterocycles. The van der Waals surface area contributed by atoms with Crippen LogP contribution in [0.15, 0.2) is 53.4 Å². The van der Waals surface area contributed by atoms with Gasteiger partial charge in [-0.3, -0.25) is 10.2 Å². The van der Waals surface area contributed by atoms with Crippen molar-refractivity contribution in [2.24, 2.45) is 0 Å². The van der Waals surface area contributed by atoms with Gasteiger partial charge in [-0.15, -0.1) is 4.83 Å². The molecule has 0 radical (unpaired) electrons. The van der Waals surface area contributed by atoms with Crippen LogP contribution in [0.25, 0.3) is 0 Å². The molecule has 2 aromatic carbocycles. The zero-order chi connectivity index (χ0) is 15.5. The van der Waals surface area contributed by atoms with Gasteiger partial charge in [0.15, 0.2) is 0 Å². The van der Waals surface area contributed by atoms with Crippen molar-refractivity contribution in [2.75, 3.05) is 0 Å². The van der Waals surface area contributed by atoms with Crippen molar-refractivity contribution in [1.29, 1.82) is 0 Å². The van der Waals surface area contributed by atoms with Crippen LogP contribution in [0.4, 0.5) is 0 Å². The fourth-order valence-corrected chi connectivity index (χ4v) is 2.76. The van der Waals surface area contributed by atoms with Gasteiger partial charge in [-0.25, -0.2) is 8.42 Å². The third-order valence-electron chi connectivity index (χ3n) is 2.74. The quantitative estimate of drug-likeness (QED) is 0.593. The van der Waals surface area contributed by atoms with Gasteiger partial charge in [-0.2, -0.15) is 0 Å². The first-order valence-electron chi connectivity index (χ1n) is 6.03. The van der Waals surface area contributed by atoms with Crippen molar-refractivity contribution in [1.82, 2.24) is 10.3 Å². The van der Waals surface area contributed by atoms with E-state index in [9.17, 15) is 13.2 Å². The predicted molar refractivity (Wildman–Crippen MR) is 88.1 cm³/mol. The van der Waals surface area contributed by atoms with Crippen LogP contribution >= 0.6 is 22.6 Å². The molecule has 0 saturated heterocycles. The normalized spacial score (nSPS) is 11.1. The molecule has 0 unspecified atom stereocenters. The molecule has 2 rings (SSSR count). The van der Waals surface area contributed by atoms with Gasteiger partial charge in [-0.05, 0) is 65.9 Å². The summed E-state index contributed by atoms with van der Waals surface area (Å²) in [7, 11) is -3.77. The fourth-order valence-electron chi connectivity index (χ4n) is 1.56. The molecule has 0 aromatic heterocycles. The zero-order valence-corrected chi connectivity index (χ0v) is 14.1. The van der Waals surface area contributed by atoms with Crippen LogP contribution in [-0.2, 0) is 10.0 Å². The van der Waals surface area contributed by atoms with Crippen molar-refractivity contribution < 1.29 is 13.2 Å². The molecular weight excluding hydrogens is 403 g/mol. The minimum atomic E-state index is -3.77. The molecule has 0 atom stereocenters. The van der Waals surface area contributed by atoms with Gasteiger partial charge in [0.2, 0.25) is 0 Å². The Hall–Kier alpha value is -1.45. The smallest absolute Gasteiger partial charge is 0.266 e. The van der Waals surface area contributed by atoms with Gasteiger partial charge in [0, 0.05) is 9.13 Å². The lowest BCUT2D eigenvalue weighted by Crippen LogP contribution is -2.41. The molecule has 21 heavy (non-hydrogen) atoms. The molecule has 110 valence electrons. The lowest BCUT2D eigenvalue weighted by atomic mass is 10.1. The summed E-state index contributed by atoms with van der Waals surface area (Å²) in [5, 5.41) is 0. The number of benzene rings is 2. The first kappa shape index (κ1) is 15.9. The van der Waals surface area contributed by atoms with E-state index in [0.717, 1.165) is 9.13 Å². The summed E-state index contributed by atoms with van der Waals surface area (Å²) < 4.78 is 24.9. The Labute approximate surface area is 136 Å². The summed E-state index contributed by atoms with van der Waals surface area (Å²) in [4.78, 5) is 14.0. The third kappa shape index (κ3) is 4.26. The maximum absolute atomic E-state index is 12.0. The summed E-state index contributed by atoms with van der Waals surface area (Å²) in [6.07, 6.45) is 0. The van der Waals surface area contributed by atoms with Crippen molar-refractivity contribution in [3.8, 4) is 0 Å². The highest BCUT2D eigenvalue weighted by molar-refractivity contribution is 14.1. The maximum atomic E-state index is 12.0. The number of carbonyl (C=O) groups is 1. The molecule has 7 heteroatoms. The number of aryl methyl sites for hydroxylation is 1. The largest absolute Gasteiger partial charge is 0.273 e. The Balaban J connectivity index is 2.06. The van der Waals surface area contributed by atoms with E-state index in [-0.39, 0.29) is 4.90 Å². The van der Waals surface area contributed by atoms with Gasteiger partial charge < -0.3 is 0 Å². The number of hydrogen-bond donors (Lipinski definition) is 2. The second kappa shape index (κ2) is 6.54. The summed E-state index contributed by atoms with van der Waals surface area (Å²) >= 11 is 2.08. The van der Waals surface area contributed by atoms with E-state index in [1.165, 1.54) is 12.1 Å². The van der Waals surface area contributed by atoms with E-state index in [2.05, 4.69) is 32.8 Å². The summed E-state index contributed by atoms with van der Waals surface area (Å²) in [5.41, 5.74) is 3.59. The topological polar surface area (TPSA) is 75.3 Å². The fraction of sp³-hybridized carbons (Fsp3) is 0.0714. The standard InChI is InChI=1S/C14H13IN2O3S/c1-10-2-4-11(5-3-10)14(18)16-17-21(19,20)13-8-6-12(15)7-9-13/h2-9,17H,1H3,(H,16,18). The minimum absolute atomic E-state index is 0.0899. The lowest BCUT2D eigenvalue weighted by Gasteiger charge is -2.08. The number of amides is 1. The molecule has 5 nitrogen and oxygen atoms in total. The van der Waals surface area contributed by atoms with Crippen LogP contribution in [0.5, 0.6) is 0 Å². The van der Waals surface area contributed by atoms with E-state index in [1.807, 2.05) is 6.92 Å². The highest BCUT2D eigenvalue weighted by atomic mass is 127. The van der Waals surface area contributed by atoms with Gasteiger partial charge in [-0.1, -0.05) is 17.7 Å². The second-order valence-electron chi connectivity index (χ2n) is 4.38. The van der Waals surface area contributed by atoms with E-state index in [0.29, 0.717) is 5.56 Å². The van der Waals surface area contributed by atoms with Crippen molar-refractivity contribution in [2.45, 2.75) is 11.8 Å². The Bertz CT molecular complexity index is 741. The Morgan fingerprint density at radius 2 is 1.57 bits per heavy atom. The Morgan fingerprint density at radius 1 is 1.00 bits per heavy atom. The zero-order valence-electron chi connectivity index (χ0n) is 11.1. The van der Waals surface area contributed by atoms with E-state index in [1.54, 1.807) is 36.4 Å². The van der Waals surface area contributed by atoms with Crippen LogP contribution in [0.2, 0.25) is 0 Å². The highest BCUT2D eigenvalue weighted by Gasteiger charge is 2.15. The summed E-state index contributed by atoms with van der Waals surface area (Å²) in [6.45, 7) is 1.90. The van der Waals surface area contributed by atoms with E-state index in [4.69, 9.17) is 0 Å². The Kier molecular flexibility index (Phi) is 4.96. The van der Waals surface area contributed by atoms with E-state index >= 15 is 0 Å². The number of carbonyl (C=O) groups excluding carboxylic acids is 1. The molecule has 0 aliphatic carbocycles. The number of hydrazine groups is 1. The van der Waals surface area contributed by atoms with Crippen molar-refractivity contribution >= 4 is 38.5 Å². The highest BCUT2D eigenvalue weighted by Crippen LogP contribution is 2.11. The molecule has 2 aromatic rings. The van der Waals surface area contributed by atoms with Crippen molar-refractivity contribution in [3.05, 3.63) is 63.2 Å². The number of nitrogens with one attached hydrogen (secondary N) is 2. The van der Waals surface area contributed by atoms with Crippen LogP contribution in [0, 0.1) is 10.5 Å². The van der Waals surface area contributed by atoms with Gasteiger partial charge in [0.1, 0.15) is 0 Å². The average Bonchev–Trinajstić information content (AvgIpc) is 2.46.